The second-order valence-electron chi connectivity index (χ2n) is 9.37. The molecule has 2 saturated carbocycles. The Kier molecular flexibility index (Phi) is 5.72. The van der Waals surface area contributed by atoms with E-state index in [1.165, 1.54) is 0 Å². The van der Waals surface area contributed by atoms with Gasteiger partial charge in [0.05, 0.1) is 16.6 Å². The number of amides is 1. The van der Waals surface area contributed by atoms with Crippen molar-refractivity contribution in [3.8, 4) is 0 Å². The predicted molar refractivity (Wildman–Crippen MR) is 125 cm³/mol. The molecule has 1 aromatic carbocycles. The summed E-state index contributed by atoms with van der Waals surface area (Å²) >= 11 is 6.54. The van der Waals surface area contributed by atoms with Gasteiger partial charge in [-0.3, -0.25) is 9.59 Å². The molecule has 0 radical (unpaired) electrons. The van der Waals surface area contributed by atoms with E-state index in [1.54, 1.807) is 13.0 Å². The van der Waals surface area contributed by atoms with Gasteiger partial charge in [-0.25, -0.2) is 0 Å². The molecule has 2 heterocycles. The molecule has 0 aliphatic heterocycles. The van der Waals surface area contributed by atoms with Crippen LogP contribution in [-0.4, -0.2) is 27.7 Å². The third-order valence-electron chi connectivity index (χ3n) is 7.35. The molecule has 0 spiro atoms. The maximum Gasteiger partial charge on any atom is 0.264 e. The molecule has 32 heavy (non-hydrogen) atoms. The lowest BCUT2D eigenvalue weighted by Crippen LogP contribution is -2.49. The van der Waals surface area contributed by atoms with Gasteiger partial charge in [0.25, 0.3) is 5.56 Å². The molecule has 5 rings (SSSR count). The number of nitrogens with one attached hydrogen (secondary N) is 1. The van der Waals surface area contributed by atoms with Gasteiger partial charge in [-0.1, -0.05) is 35.7 Å². The van der Waals surface area contributed by atoms with Crippen molar-refractivity contribution in [2.24, 2.45) is 11.7 Å². The minimum absolute atomic E-state index is 0.00546. The minimum atomic E-state index is -0.448. The van der Waals surface area contributed by atoms with Crippen molar-refractivity contribution in [3.05, 3.63) is 39.3 Å². The highest BCUT2D eigenvalue weighted by Gasteiger charge is 2.32. The van der Waals surface area contributed by atoms with Crippen molar-refractivity contribution >= 4 is 39.3 Å². The SMILES string of the molecule is Cc1onc2c1c(=O)n(C1CCCC(NC(=O)C(N)C3CCCC3)C1)c1cccc(Cl)c21. The number of rotatable bonds is 4. The number of nitrogens with two attached hydrogens (primary N) is 1. The minimum Gasteiger partial charge on any atom is -0.360 e. The van der Waals surface area contributed by atoms with Crippen molar-refractivity contribution < 1.29 is 9.32 Å². The number of aromatic nitrogens is 2. The van der Waals surface area contributed by atoms with E-state index in [9.17, 15) is 9.59 Å². The highest BCUT2D eigenvalue weighted by Crippen LogP contribution is 2.35. The molecule has 0 saturated heterocycles. The largest absolute Gasteiger partial charge is 0.360 e. The Morgan fingerprint density at radius 2 is 2.00 bits per heavy atom. The first-order valence-electron chi connectivity index (χ1n) is 11.6. The van der Waals surface area contributed by atoms with E-state index in [0.29, 0.717) is 28.1 Å². The Morgan fingerprint density at radius 3 is 2.78 bits per heavy atom. The van der Waals surface area contributed by atoms with Gasteiger partial charge in [-0.15, -0.1) is 0 Å². The number of fused-ring (bicyclic) bond motifs is 3. The lowest BCUT2D eigenvalue weighted by Gasteiger charge is -2.33. The van der Waals surface area contributed by atoms with Crippen LogP contribution in [0.2, 0.25) is 5.02 Å². The highest BCUT2D eigenvalue weighted by atomic mass is 35.5. The van der Waals surface area contributed by atoms with Gasteiger partial charge in [0.2, 0.25) is 5.91 Å². The van der Waals surface area contributed by atoms with Gasteiger partial charge in [0, 0.05) is 17.5 Å². The fraction of sp³-hybridized carbons (Fsp3) is 0.542. The van der Waals surface area contributed by atoms with Crippen LogP contribution in [0, 0.1) is 12.8 Å². The van der Waals surface area contributed by atoms with Crippen LogP contribution >= 0.6 is 11.6 Å². The fourth-order valence-corrected chi connectivity index (χ4v) is 5.95. The molecule has 2 aliphatic carbocycles. The van der Waals surface area contributed by atoms with E-state index >= 15 is 0 Å². The second-order valence-corrected chi connectivity index (χ2v) is 9.77. The quantitative estimate of drug-likeness (QED) is 0.611. The average molecular weight is 457 g/mol. The molecule has 2 aromatic heterocycles. The summed E-state index contributed by atoms with van der Waals surface area (Å²) in [6.45, 7) is 1.75. The van der Waals surface area contributed by atoms with Crippen LogP contribution in [0.4, 0.5) is 0 Å². The summed E-state index contributed by atoms with van der Waals surface area (Å²) in [4.78, 5) is 26.4. The molecular formula is C24H29ClN4O3. The zero-order valence-corrected chi connectivity index (χ0v) is 19.0. The molecule has 2 aliphatic rings. The van der Waals surface area contributed by atoms with E-state index in [0.717, 1.165) is 55.8 Å². The van der Waals surface area contributed by atoms with Crippen molar-refractivity contribution in [3.63, 3.8) is 0 Å². The number of benzene rings is 1. The van der Waals surface area contributed by atoms with E-state index in [1.807, 2.05) is 16.7 Å². The number of hydrogen-bond acceptors (Lipinski definition) is 5. The van der Waals surface area contributed by atoms with Crippen molar-refractivity contribution in [1.29, 1.82) is 0 Å². The zero-order chi connectivity index (χ0) is 22.4. The smallest absolute Gasteiger partial charge is 0.264 e. The molecule has 0 bridgehead atoms. The summed E-state index contributed by atoms with van der Waals surface area (Å²) in [6, 6.07) is 5.05. The van der Waals surface area contributed by atoms with Gasteiger partial charge >= 0.3 is 0 Å². The van der Waals surface area contributed by atoms with Crippen LogP contribution in [0.3, 0.4) is 0 Å². The van der Waals surface area contributed by atoms with E-state index in [-0.39, 0.29) is 29.5 Å². The van der Waals surface area contributed by atoms with Crippen LogP contribution in [-0.2, 0) is 4.79 Å². The topological polar surface area (TPSA) is 103 Å². The molecule has 8 heteroatoms. The predicted octanol–water partition coefficient (Wildman–Crippen LogP) is 4.22. The molecule has 3 N–H and O–H groups in total. The number of carbonyl (C=O) groups is 1. The van der Waals surface area contributed by atoms with E-state index in [4.69, 9.17) is 21.9 Å². The first kappa shape index (κ1) is 21.5. The molecule has 7 nitrogen and oxygen atoms in total. The Hall–Kier alpha value is -2.38. The summed E-state index contributed by atoms with van der Waals surface area (Å²) in [5, 5.41) is 9.05. The number of nitrogens with zero attached hydrogens (tertiary/aromatic N) is 2. The summed E-state index contributed by atoms with van der Waals surface area (Å²) in [5.74, 6) is 0.707. The van der Waals surface area contributed by atoms with Crippen molar-refractivity contribution in [2.75, 3.05) is 0 Å². The van der Waals surface area contributed by atoms with Crippen LogP contribution in [0.15, 0.2) is 27.5 Å². The zero-order valence-electron chi connectivity index (χ0n) is 18.3. The van der Waals surface area contributed by atoms with Crippen LogP contribution in [0.5, 0.6) is 0 Å². The summed E-state index contributed by atoms with van der Waals surface area (Å²) in [5.41, 5.74) is 7.41. The Bertz CT molecular complexity index is 1230. The van der Waals surface area contributed by atoms with Crippen LogP contribution in [0.25, 0.3) is 21.8 Å². The molecule has 2 fully saturated rings. The van der Waals surface area contributed by atoms with E-state index < -0.39 is 6.04 Å². The van der Waals surface area contributed by atoms with Gasteiger partial charge in [0.15, 0.2) is 0 Å². The molecular weight excluding hydrogens is 428 g/mol. The normalized spacial score (nSPS) is 23.1. The van der Waals surface area contributed by atoms with Crippen molar-refractivity contribution in [2.45, 2.75) is 76.4 Å². The van der Waals surface area contributed by atoms with Gasteiger partial charge in [-0.05, 0) is 63.5 Å². The third kappa shape index (κ3) is 3.61. The number of pyridine rings is 1. The average Bonchev–Trinajstić information content (AvgIpc) is 3.44. The van der Waals surface area contributed by atoms with Crippen LogP contribution in [0.1, 0.15) is 63.2 Å². The Balaban J connectivity index is 1.48. The number of carbonyl (C=O) groups excluding carboxylic acids is 1. The molecule has 170 valence electrons. The summed E-state index contributed by atoms with van der Waals surface area (Å²) < 4.78 is 7.19. The molecule has 3 unspecified atom stereocenters. The maximum atomic E-state index is 13.6. The van der Waals surface area contributed by atoms with Gasteiger partial charge in [-0.2, -0.15) is 0 Å². The second kappa shape index (κ2) is 8.52. The number of hydrogen-bond donors (Lipinski definition) is 2. The van der Waals surface area contributed by atoms with E-state index in [2.05, 4.69) is 10.5 Å². The van der Waals surface area contributed by atoms with Gasteiger partial charge < -0.3 is 20.1 Å². The van der Waals surface area contributed by atoms with Gasteiger partial charge in [0.1, 0.15) is 16.7 Å². The van der Waals surface area contributed by atoms with Crippen molar-refractivity contribution in [1.82, 2.24) is 15.0 Å². The molecule has 3 atom stereocenters. The maximum absolute atomic E-state index is 13.6. The lowest BCUT2D eigenvalue weighted by molar-refractivity contribution is -0.124. The first-order valence-corrected chi connectivity index (χ1v) is 12.0. The Labute approximate surface area is 191 Å². The standard InChI is InChI=1S/C24H29ClN4O3/c1-13-19-22(28-32-13)20-17(25)10-5-11-18(20)29(24(19)31)16-9-4-8-15(12-16)27-23(30)21(26)14-6-2-3-7-14/h5,10-11,14-16,21H,2-4,6-9,12,26H2,1H3,(H,27,30). The fourth-order valence-electron chi connectivity index (χ4n) is 5.69. The molecule has 1 amide bonds. The first-order chi connectivity index (χ1) is 15.5. The lowest BCUT2D eigenvalue weighted by atomic mass is 9.89. The summed E-state index contributed by atoms with van der Waals surface area (Å²) in [7, 11) is 0. The number of aryl methyl sites for hydroxylation is 1. The summed E-state index contributed by atoms with van der Waals surface area (Å²) in [6.07, 6.45) is 7.72. The Morgan fingerprint density at radius 1 is 1.22 bits per heavy atom. The monoisotopic (exact) mass is 456 g/mol. The molecule has 3 aromatic rings. The van der Waals surface area contributed by atoms with Crippen LogP contribution < -0.4 is 16.6 Å². The highest BCUT2D eigenvalue weighted by molar-refractivity contribution is 6.37. The number of halogens is 1. The third-order valence-corrected chi connectivity index (χ3v) is 7.67.